The number of rotatable bonds is 1. The van der Waals surface area contributed by atoms with Crippen LogP contribution in [0.25, 0.3) is 11.2 Å². The van der Waals surface area contributed by atoms with E-state index in [0.29, 0.717) is 6.04 Å². The van der Waals surface area contributed by atoms with Gasteiger partial charge in [-0.15, -0.1) is 0 Å². The van der Waals surface area contributed by atoms with Crippen molar-refractivity contribution in [3.63, 3.8) is 0 Å². The summed E-state index contributed by atoms with van der Waals surface area (Å²) in [5.41, 5.74) is 7.06. The summed E-state index contributed by atoms with van der Waals surface area (Å²) in [6, 6.07) is 0.333. The molecule has 2 N–H and O–H groups in total. The van der Waals surface area contributed by atoms with E-state index in [9.17, 15) is 0 Å². The monoisotopic (exact) mass is 177 g/mol. The normalized spacial score (nSPS) is 11.3. The Morgan fingerprint density at radius 3 is 2.85 bits per heavy atom. The predicted octanol–water partition coefficient (Wildman–Crippen LogP) is 0.989. The van der Waals surface area contributed by atoms with E-state index in [1.54, 1.807) is 12.5 Å². The lowest BCUT2D eigenvalue weighted by Crippen LogP contribution is -2.02. The first-order valence-electron chi connectivity index (χ1n) is 4.13. The van der Waals surface area contributed by atoms with E-state index in [1.165, 1.54) is 0 Å². The summed E-state index contributed by atoms with van der Waals surface area (Å²) in [6.07, 6.45) is 3.39. The van der Waals surface area contributed by atoms with Gasteiger partial charge >= 0.3 is 0 Å². The first-order valence-corrected chi connectivity index (χ1v) is 4.13. The summed E-state index contributed by atoms with van der Waals surface area (Å²) in [7, 11) is 0. The lowest BCUT2D eigenvalue weighted by atomic mass is 10.4. The molecule has 0 unspecified atom stereocenters. The lowest BCUT2D eigenvalue weighted by Gasteiger charge is -2.06. The van der Waals surface area contributed by atoms with E-state index in [1.807, 2.05) is 4.57 Å². The molecule has 68 valence electrons. The lowest BCUT2D eigenvalue weighted by molar-refractivity contribution is 0.613. The van der Waals surface area contributed by atoms with Gasteiger partial charge in [0.1, 0.15) is 5.52 Å². The van der Waals surface area contributed by atoms with Crippen LogP contribution < -0.4 is 5.73 Å². The minimum Gasteiger partial charge on any atom is -0.368 e. The summed E-state index contributed by atoms with van der Waals surface area (Å²) in [4.78, 5) is 12.2. The van der Waals surface area contributed by atoms with Crippen LogP contribution in [0.5, 0.6) is 0 Å². The SMILES string of the molecule is CC(C)n1cnc2cnc(N)nc21. The minimum absolute atomic E-state index is 0.287. The highest BCUT2D eigenvalue weighted by Crippen LogP contribution is 2.14. The summed E-state index contributed by atoms with van der Waals surface area (Å²) >= 11 is 0. The van der Waals surface area contributed by atoms with Gasteiger partial charge in [0, 0.05) is 6.04 Å². The van der Waals surface area contributed by atoms with Crippen LogP contribution in [-0.4, -0.2) is 19.5 Å². The molecule has 0 saturated heterocycles. The molecule has 0 aliphatic carbocycles. The summed E-state index contributed by atoms with van der Waals surface area (Å²) in [6.45, 7) is 4.14. The number of nitrogens with two attached hydrogens (primary N) is 1. The average Bonchev–Trinajstić information content (AvgIpc) is 2.46. The minimum atomic E-state index is 0.287. The number of hydrogen-bond donors (Lipinski definition) is 1. The molecule has 0 aromatic carbocycles. The van der Waals surface area contributed by atoms with Gasteiger partial charge in [-0.1, -0.05) is 0 Å². The van der Waals surface area contributed by atoms with Crippen molar-refractivity contribution in [2.45, 2.75) is 19.9 Å². The van der Waals surface area contributed by atoms with E-state index in [4.69, 9.17) is 5.73 Å². The molecule has 0 atom stereocenters. The molecule has 5 heteroatoms. The van der Waals surface area contributed by atoms with Gasteiger partial charge in [0.25, 0.3) is 0 Å². The largest absolute Gasteiger partial charge is 0.368 e. The van der Waals surface area contributed by atoms with E-state index >= 15 is 0 Å². The zero-order valence-electron chi connectivity index (χ0n) is 7.60. The molecule has 2 heterocycles. The van der Waals surface area contributed by atoms with E-state index in [-0.39, 0.29) is 5.95 Å². The van der Waals surface area contributed by atoms with Gasteiger partial charge in [0.2, 0.25) is 5.95 Å². The second kappa shape index (κ2) is 2.69. The van der Waals surface area contributed by atoms with Crippen LogP contribution in [0.15, 0.2) is 12.5 Å². The van der Waals surface area contributed by atoms with Crippen molar-refractivity contribution >= 4 is 17.1 Å². The summed E-state index contributed by atoms with van der Waals surface area (Å²) in [5, 5.41) is 0. The molecular formula is C8H11N5. The van der Waals surface area contributed by atoms with Crippen molar-refractivity contribution in [2.75, 3.05) is 5.73 Å². The smallest absolute Gasteiger partial charge is 0.222 e. The fraction of sp³-hybridized carbons (Fsp3) is 0.375. The van der Waals surface area contributed by atoms with E-state index in [2.05, 4.69) is 28.8 Å². The molecule has 2 aromatic rings. The van der Waals surface area contributed by atoms with Crippen LogP contribution in [0.4, 0.5) is 5.95 Å². The maximum Gasteiger partial charge on any atom is 0.222 e. The zero-order valence-corrected chi connectivity index (χ0v) is 7.60. The van der Waals surface area contributed by atoms with E-state index < -0.39 is 0 Å². The third kappa shape index (κ3) is 1.22. The van der Waals surface area contributed by atoms with Gasteiger partial charge in [0.05, 0.1) is 12.5 Å². The summed E-state index contributed by atoms with van der Waals surface area (Å²) in [5.74, 6) is 0.287. The van der Waals surface area contributed by atoms with Crippen molar-refractivity contribution in [2.24, 2.45) is 0 Å². The van der Waals surface area contributed by atoms with Gasteiger partial charge in [-0.3, -0.25) is 0 Å². The fourth-order valence-corrected chi connectivity index (χ4v) is 1.22. The molecule has 13 heavy (non-hydrogen) atoms. The predicted molar refractivity (Wildman–Crippen MR) is 50.1 cm³/mol. The number of nitrogens with zero attached hydrogens (tertiary/aromatic N) is 4. The highest BCUT2D eigenvalue weighted by Gasteiger charge is 2.06. The number of nitrogen functional groups attached to an aromatic ring is 1. The maximum atomic E-state index is 5.49. The van der Waals surface area contributed by atoms with Crippen LogP contribution in [0.3, 0.4) is 0 Å². The van der Waals surface area contributed by atoms with Crippen LogP contribution in [0, 0.1) is 0 Å². The van der Waals surface area contributed by atoms with Crippen LogP contribution in [0.1, 0.15) is 19.9 Å². The molecule has 0 amide bonds. The third-order valence-electron chi connectivity index (χ3n) is 1.89. The standard InChI is InChI=1S/C8H11N5/c1-5(2)13-4-11-6-3-10-8(9)12-7(6)13/h3-5H,1-2H3,(H2,9,10,12). The first kappa shape index (κ1) is 7.97. The van der Waals surface area contributed by atoms with Gasteiger partial charge in [-0.2, -0.15) is 4.98 Å². The van der Waals surface area contributed by atoms with Crippen molar-refractivity contribution in [1.82, 2.24) is 19.5 Å². The first-order chi connectivity index (χ1) is 6.18. The second-order valence-electron chi connectivity index (χ2n) is 3.18. The van der Waals surface area contributed by atoms with Crippen LogP contribution >= 0.6 is 0 Å². The van der Waals surface area contributed by atoms with Crippen molar-refractivity contribution < 1.29 is 0 Å². The van der Waals surface area contributed by atoms with Gasteiger partial charge in [0.15, 0.2) is 5.65 Å². The molecule has 0 fully saturated rings. The molecule has 0 bridgehead atoms. The van der Waals surface area contributed by atoms with Crippen molar-refractivity contribution in [3.05, 3.63) is 12.5 Å². The number of aromatic nitrogens is 4. The Morgan fingerprint density at radius 1 is 1.38 bits per heavy atom. The Hall–Kier alpha value is -1.65. The average molecular weight is 177 g/mol. The number of fused-ring (bicyclic) bond motifs is 1. The molecule has 0 spiro atoms. The molecule has 0 saturated carbocycles. The van der Waals surface area contributed by atoms with Crippen LogP contribution in [-0.2, 0) is 0 Å². The summed E-state index contributed by atoms with van der Waals surface area (Å²) < 4.78 is 1.97. The number of imidazole rings is 1. The van der Waals surface area contributed by atoms with Crippen molar-refractivity contribution in [3.8, 4) is 0 Å². The van der Waals surface area contributed by atoms with Crippen LogP contribution in [0.2, 0.25) is 0 Å². The fourth-order valence-electron chi connectivity index (χ4n) is 1.22. The Balaban J connectivity index is 2.71. The molecule has 0 aliphatic heterocycles. The third-order valence-corrected chi connectivity index (χ3v) is 1.89. The van der Waals surface area contributed by atoms with Crippen molar-refractivity contribution in [1.29, 1.82) is 0 Å². The highest BCUT2D eigenvalue weighted by atomic mass is 15.2. The van der Waals surface area contributed by atoms with E-state index in [0.717, 1.165) is 11.2 Å². The molecular weight excluding hydrogens is 166 g/mol. The quantitative estimate of drug-likeness (QED) is 0.705. The zero-order chi connectivity index (χ0) is 9.42. The molecule has 2 rings (SSSR count). The second-order valence-corrected chi connectivity index (χ2v) is 3.18. The molecule has 0 radical (unpaired) electrons. The highest BCUT2D eigenvalue weighted by molar-refractivity contribution is 5.70. The van der Waals surface area contributed by atoms with Gasteiger partial charge < -0.3 is 10.3 Å². The molecule has 5 nitrogen and oxygen atoms in total. The Kier molecular flexibility index (Phi) is 1.65. The Morgan fingerprint density at radius 2 is 2.15 bits per heavy atom. The number of anilines is 1. The van der Waals surface area contributed by atoms with Gasteiger partial charge in [-0.25, -0.2) is 9.97 Å². The topological polar surface area (TPSA) is 69.6 Å². The Bertz CT molecular complexity index is 431. The molecule has 2 aromatic heterocycles. The van der Waals surface area contributed by atoms with Gasteiger partial charge in [-0.05, 0) is 13.8 Å². The number of hydrogen-bond acceptors (Lipinski definition) is 4. The maximum absolute atomic E-state index is 5.49. The molecule has 0 aliphatic rings. The Labute approximate surface area is 75.6 Å².